The first-order valence-corrected chi connectivity index (χ1v) is 18.7. The molecule has 56 heavy (non-hydrogen) atoms. The largest absolute Gasteiger partial charge is 0.456 e. The molecule has 0 atom stereocenters. The molecular formula is C51H31N3O2. The van der Waals surface area contributed by atoms with Crippen molar-refractivity contribution in [3.63, 3.8) is 0 Å². The summed E-state index contributed by atoms with van der Waals surface area (Å²) in [4.78, 5) is 14.6. The van der Waals surface area contributed by atoms with Crippen molar-refractivity contribution >= 4 is 43.9 Å². The Morgan fingerprint density at radius 1 is 0.357 bits per heavy atom. The molecule has 0 N–H and O–H groups in total. The number of pyridine rings is 1. The Hall–Kier alpha value is -7.63. The number of hydrogen-bond donors (Lipinski definition) is 0. The van der Waals surface area contributed by atoms with Gasteiger partial charge in [-0.15, -0.1) is 0 Å². The van der Waals surface area contributed by atoms with Crippen LogP contribution in [0.3, 0.4) is 0 Å². The summed E-state index contributed by atoms with van der Waals surface area (Å²) in [5, 5.41) is 4.34. The summed E-state index contributed by atoms with van der Waals surface area (Å²) in [6.07, 6.45) is 3.67. The van der Waals surface area contributed by atoms with Crippen molar-refractivity contribution in [3.8, 4) is 67.3 Å². The number of hydrogen-bond acceptors (Lipinski definition) is 5. The van der Waals surface area contributed by atoms with Crippen LogP contribution < -0.4 is 0 Å². The smallest absolute Gasteiger partial charge is 0.160 e. The van der Waals surface area contributed by atoms with Crippen molar-refractivity contribution in [2.24, 2.45) is 0 Å². The number of nitrogens with zero attached hydrogens (tertiary/aromatic N) is 3. The van der Waals surface area contributed by atoms with Crippen LogP contribution in [0.1, 0.15) is 0 Å². The zero-order chi connectivity index (χ0) is 37.0. The van der Waals surface area contributed by atoms with Gasteiger partial charge in [-0.2, -0.15) is 0 Å². The van der Waals surface area contributed by atoms with Crippen LogP contribution in [0.5, 0.6) is 0 Å². The van der Waals surface area contributed by atoms with E-state index in [1.807, 2.05) is 66.9 Å². The second-order valence-electron chi connectivity index (χ2n) is 14.0. The van der Waals surface area contributed by atoms with Gasteiger partial charge in [-0.25, -0.2) is 9.97 Å². The Morgan fingerprint density at radius 3 is 1.75 bits per heavy atom. The lowest BCUT2D eigenvalue weighted by atomic mass is 9.92. The summed E-state index contributed by atoms with van der Waals surface area (Å²) in [7, 11) is 0. The normalized spacial score (nSPS) is 11.6. The minimum Gasteiger partial charge on any atom is -0.456 e. The van der Waals surface area contributed by atoms with Gasteiger partial charge in [-0.1, -0.05) is 133 Å². The molecule has 4 heterocycles. The molecule has 0 fully saturated rings. The minimum atomic E-state index is 0.666. The van der Waals surface area contributed by atoms with Crippen molar-refractivity contribution in [2.75, 3.05) is 0 Å². The van der Waals surface area contributed by atoms with Crippen LogP contribution in [0.25, 0.3) is 111 Å². The quantitative estimate of drug-likeness (QED) is 0.171. The van der Waals surface area contributed by atoms with Crippen LogP contribution in [-0.2, 0) is 0 Å². The van der Waals surface area contributed by atoms with E-state index >= 15 is 0 Å². The van der Waals surface area contributed by atoms with E-state index in [1.165, 1.54) is 0 Å². The van der Waals surface area contributed by atoms with Crippen LogP contribution in [0.15, 0.2) is 197 Å². The van der Waals surface area contributed by atoms with Gasteiger partial charge in [0, 0.05) is 61.8 Å². The molecule has 5 heteroatoms. The lowest BCUT2D eigenvalue weighted by molar-refractivity contribution is 0.668. The van der Waals surface area contributed by atoms with Gasteiger partial charge in [0.05, 0.1) is 11.4 Å². The minimum absolute atomic E-state index is 0.666. The Morgan fingerprint density at radius 2 is 0.964 bits per heavy atom. The maximum absolute atomic E-state index is 6.73. The zero-order valence-corrected chi connectivity index (χ0v) is 30.1. The summed E-state index contributed by atoms with van der Waals surface area (Å²) in [6.45, 7) is 0. The number of aromatic nitrogens is 3. The maximum atomic E-state index is 6.73. The average molecular weight is 718 g/mol. The van der Waals surface area contributed by atoms with E-state index in [1.54, 1.807) is 6.20 Å². The van der Waals surface area contributed by atoms with Crippen molar-refractivity contribution in [2.45, 2.75) is 0 Å². The van der Waals surface area contributed by atoms with Gasteiger partial charge in [-0.3, -0.25) is 4.98 Å². The molecule has 0 aliphatic rings. The molecular weight excluding hydrogens is 687 g/mol. The van der Waals surface area contributed by atoms with E-state index in [0.717, 1.165) is 105 Å². The molecule has 262 valence electrons. The fourth-order valence-electron chi connectivity index (χ4n) is 7.95. The molecule has 0 aliphatic heterocycles. The highest BCUT2D eigenvalue weighted by molar-refractivity contribution is 6.20. The molecule has 0 aliphatic carbocycles. The van der Waals surface area contributed by atoms with Crippen molar-refractivity contribution in [3.05, 3.63) is 188 Å². The van der Waals surface area contributed by atoms with Crippen LogP contribution >= 0.6 is 0 Å². The molecule has 0 saturated heterocycles. The Kier molecular flexibility index (Phi) is 7.42. The van der Waals surface area contributed by atoms with E-state index in [0.29, 0.717) is 5.82 Å². The third-order valence-electron chi connectivity index (χ3n) is 10.6. The molecule has 4 aromatic heterocycles. The van der Waals surface area contributed by atoms with Crippen LogP contribution in [-0.4, -0.2) is 15.0 Å². The Labute approximate surface area is 322 Å². The topological polar surface area (TPSA) is 65.0 Å². The van der Waals surface area contributed by atoms with Gasteiger partial charge in [0.15, 0.2) is 5.82 Å². The summed E-state index contributed by atoms with van der Waals surface area (Å²) < 4.78 is 13.0. The number of para-hydroxylation sites is 2. The fraction of sp³-hybridized carbons (Fsp3) is 0. The molecule has 11 aromatic rings. The van der Waals surface area contributed by atoms with Gasteiger partial charge >= 0.3 is 0 Å². The molecule has 0 unspecified atom stereocenters. The second kappa shape index (κ2) is 13.0. The first kappa shape index (κ1) is 31.9. The summed E-state index contributed by atoms with van der Waals surface area (Å²) in [5.74, 6) is 0.666. The lowest BCUT2D eigenvalue weighted by Crippen LogP contribution is -1.96. The van der Waals surface area contributed by atoms with E-state index in [2.05, 4.69) is 120 Å². The third kappa shape index (κ3) is 5.37. The summed E-state index contributed by atoms with van der Waals surface area (Å²) in [5.41, 5.74) is 14.5. The molecule has 0 saturated carbocycles. The molecule has 0 spiro atoms. The Bertz CT molecular complexity index is 3240. The van der Waals surface area contributed by atoms with E-state index in [9.17, 15) is 0 Å². The fourth-order valence-corrected chi connectivity index (χ4v) is 7.95. The lowest BCUT2D eigenvalue weighted by Gasteiger charge is -2.12. The SMILES string of the molecule is c1ccc(-c2cc(-c3ccc(-c4ccc(-c5cccc6oc7ccccc7c56)c5oc6ccccc6c45)cc3)nc(-c3cccc(-c4cccnc4)c3)n2)cc1. The number of rotatable bonds is 6. The van der Waals surface area contributed by atoms with Gasteiger partial charge in [0.2, 0.25) is 0 Å². The average Bonchev–Trinajstić information content (AvgIpc) is 3.86. The number of fused-ring (bicyclic) bond motifs is 6. The Balaban J connectivity index is 1.04. The highest BCUT2D eigenvalue weighted by atomic mass is 16.3. The van der Waals surface area contributed by atoms with Gasteiger partial charge < -0.3 is 8.83 Å². The monoisotopic (exact) mass is 717 g/mol. The van der Waals surface area contributed by atoms with Gasteiger partial charge in [0.25, 0.3) is 0 Å². The number of furan rings is 2. The molecule has 0 radical (unpaired) electrons. The van der Waals surface area contributed by atoms with Crippen molar-refractivity contribution < 1.29 is 8.83 Å². The van der Waals surface area contributed by atoms with E-state index < -0.39 is 0 Å². The maximum Gasteiger partial charge on any atom is 0.160 e. The summed E-state index contributed by atoms with van der Waals surface area (Å²) >= 11 is 0. The van der Waals surface area contributed by atoms with Gasteiger partial charge in [0.1, 0.15) is 22.3 Å². The van der Waals surface area contributed by atoms with Crippen LogP contribution in [0.2, 0.25) is 0 Å². The molecule has 7 aromatic carbocycles. The molecule has 11 rings (SSSR count). The third-order valence-corrected chi connectivity index (χ3v) is 10.6. The predicted octanol–water partition coefficient (Wildman–Crippen LogP) is 13.7. The van der Waals surface area contributed by atoms with Gasteiger partial charge in [-0.05, 0) is 64.7 Å². The first-order valence-electron chi connectivity index (χ1n) is 18.7. The van der Waals surface area contributed by atoms with Crippen molar-refractivity contribution in [1.82, 2.24) is 15.0 Å². The van der Waals surface area contributed by atoms with E-state index in [-0.39, 0.29) is 0 Å². The van der Waals surface area contributed by atoms with Crippen molar-refractivity contribution in [1.29, 1.82) is 0 Å². The molecule has 5 nitrogen and oxygen atoms in total. The standard InChI is InChI=1S/C51H31N3O2/c1-2-11-33(12-3-1)43-30-44(54-51(53-43)36-14-8-13-35(29-36)37-15-10-28-52-31-37)34-24-22-32(23-25-34)38-26-27-40(50-49(38)42-17-5-7-20-46(42)56-50)39-18-9-21-47-48(39)41-16-4-6-19-45(41)55-47/h1-31H. The highest BCUT2D eigenvalue weighted by Crippen LogP contribution is 2.45. The number of benzene rings is 7. The first-order chi connectivity index (χ1) is 27.7. The highest BCUT2D eigenvalue weighted by Gasteiger charge is 2.21. The second-order valence-corrected chi connectivity index (χ2v) is 14.0. The summed E-state index contributed by atoms with van der Waals surface area (Å²) in [6, 6.07) is 60.6. The van der Waals surface area contributed by atoms with Crippen LogP contribution in [0.4, 0.5) is 0 Å². The van der Waals surface area contributed by atoms with E-state index in [4.69, 9.17) is 18.8 Å². The van der Waals surface area contributed by atoms with Crippen LogP contribution in [0, 0.1) is 0 Å². The molecule has 0 bridgehead atoms. The zero-order valence-electron chi connectivity index (χ0n) is 30.1. The molecule has 0 amide bonds. The predicted molar refractivity (Wildman–Crippen MR) is 227 cm³/mol.